The van der Waals surface area contributed by atoms with Crippen molar-refractivity contribution in [3.05, 3.63) is 35.5 Å². The van der Waals surface area contributed by atoms with E-state index >= 15 is 0 Å². The summed E-state index contributed by atoms with van der Waals surface area (Å²) in [7, 11) is 1.52. The largest absolute Gasteiger partial charge is 0.370 e. The minimum absolute atomic E-state index is 0. The van der Waals surface area contributed by atoms with Crippen LogP contribution in [-0.4, -0.2) is 23.9 Å². The summed E-state index contributed by atoms with van der Waals surface area (Å²) in [4.78, 5) is 18.5. The molecular weight excluding hydrogens is 252 g/mol. The second kappa shape index (κ2) is 5.55. The average Bonchev–Trinajstić information content (AvgIpc) is 2.71. The molecule has 0 spiro atoms. The SMILES string of the molecule is CN=C(N)NC(=O)c1cc2ccc(C)cc2[nH]1.Cl. The van der Waals surface area contributed by atoms with Crippen LogP contribution in [0, 0.1) is 6.92 Å². The van der Waals surface area contributed by atoms with Gasteiger partial charge in [0, 0.05) is 18.0 Å². The summed E-state index contributed by atoms with van der Waals surface area (Å²) < 4.78 is 0. The van der Waals surface area contributed by atoms with Gasteiger partial charge < -0.3 is 10.7 Å². The van der Waals surface area contributed by atoms with E-state index in [0.29, 0.717) is 5.69 Å². The van der Waals surface area contributed by atoms with Gasteiger partial charge in [-0.3, -0.25) is 15.1 Å². The van der Waals surface area contributed by atoms with Crippen LogP contribution in [0.4, 0.5) is 0 Å². The van der Waals surface area contributed by atoms with Crippen molar-refractivity contribution in [2.75, 3.05) is 7.05 Å². The number of aromatic nitrogens is 1. The molecule has 1 amide bonds. The predicted molar refractivity (Wildman–Crippen MR) is 75.3 cm³/mol. The molecule has 18 heavy (non-hydrogen) atoms. The summed E-state index contributed by atoms with van der Waals surface area (Å²) in [5.41, 5.74) is 7.98. The van der Waals surface area contributed by atoms with E-state index in [4.69, 9.17) is 5.73 Å². The van der Waals surface area contributed by atoms with E-state index in [0.717, 1.165) is 16.5 Å². The zero-order valence-electron chi connectivity index (χ0n) is 10.2. The van der Waals surface area contributed by atoms with E-state index in [-0.39, 0.29) is 24.3 Å². The maximum absolute atomic E-state index is 11.8. The third kappa shape index (κ3) is 2.81. The van der Waals surface area contributed by atoms with Crippen LogP contribution >= 0.6 is 12.4 Å². The molecule has 0 atom stereocenters. The van der Waals surface area contributed by atoms with Crippen molar-refractivity contribution in [3.63, 3.8) is 0 Å². The number of fused-ring (bicyclic) bond motifs is 1. The number of nitrogens with one attached hydrogen (secondary N) is 2. The van der Waals surface area contributed by atoms with E-state index in [2.05, 4.69) is 15.3 Å². The summed E-state index contributed by atoms with van der Waals surface area (Å²) in [6.45, 7) is 2.00. The summed E-state index contributed by atoms with van der Waals surface area (Å²) in [6.07, 6.45) is 0. The Morgan fingerprint density at radius 3 is 2.78 bits per heavy atom. The molecule has 6 heteroatoms. The summed E-state index contributed by atoms with van der Waals surface area (Å²) in [5, 5.41) is 3.47. The fourth-order valence-corrected chi connectivity index (χ4v) is 1.60. The highest BCUT2D eigenvalue weighted by atomic mass is 35.5. The van der Waals surface area contributed by atoms with Crippen LogP contribution < -0.4 is 11.1 Å². The average molecular weight is 267 g/mol. The van der Waals surface area contributed by atoms with Crippen molar-refractivity contribution in [2.45, 2.75) is 6.92 Å². The van der Waals surface area contributed by atoms with Crippen LogP contribution in [0.3, 0.4) is 0 Å². The number of aliphatic imine (C=N–C) groups is 1. The van der Waals surface area contributed by atoms with Crippen LogP contribution in [-0.2, 0) is 0 Å². The zero-order valence-corrected chi connectivity index (χ0v) is 11.0. The van der Waals surface area contributed by atoms with Crippen molar-refractivity contribution in [1.82, 2.24) is 10.3 Å². The third-order valence-electron chi connectivity index (χ3n) is 2.51. The van der Waals surface area contributed by atoms with E-state index in [1.807, 2.05) is 25.1 Å². The van der Waals surface area contributed by atoms with Gasteiger partial charge in [-0.25, -0.2) is 0 Å². The minimum Gasteiger partial charge on any atom is -0.370 e. The zero-order chi connectivity index (χ0) is 12.4. The van der Waals surface area contributed by atoms with Crippen LogP contribution in [0.1, 0.15) is 16.1 Å². The molecule has 0 fully saturated rings. The molecule has 0 radical (unpaired) electrons. The summed E-state index contributed by atoms with van der Waals surface area (Å²) in [6, 6.07) is 7.74. The number of hydrogen-bond acceptors (Lipinski definition) is 2. The van der Waals surface area contributed by atoms with Crippen molar-refractivity contribution in [2.24, 2.45) is 10.7 Å². The van der Waals surface area contributed by atoms with Gasteiger partial charge >= 0.3 is 0 Å². The minimum atomic E-state index is -0.290. The molecular formula is C12H15ClN4O. The smallest absolute Gasteiger partial charge is 0.274 e. The van der Waals surface area contributed by atoms with Gasteiger partial charge in [0.05, 0.1) is 0 Å². The molecule has 2 rings (SSSR count). The number of H-pyrrole nitrogens is 1. The first kappa shape index (κ1) is 14.1. The number of carbonyl (C=O) groups is 1. The summed E-state index contributed by atoms with van der Waals surface area (Å²) in [5.74, 6) is -0.188. The monoisotopic (exact) mass is 266 g/mol. The lowest BCUT2D eigenvalue weighted by Gasteiger charge is -2.00. The number of carbonyl (C=O) groups excluding carboxylic acids is 1. The van der Waals surface area contributed by atoms with Gasteiger partial charge in [0.1, 0.15) is 5.69 Å². The molecule has 2 aromatic rings. The van der Waals surface area contributed by atoms with E-state index in [1.165, 1.54) is 7.05 Å². The van der Waals surface area contributed by atoms with E-state index < -0.39 is 0 Å². The number of nitrogens with two attached hydrogens (primary N) is 1. The van der Waals surface area contributed by atoms with Gasteiger partial charge in [-0.15, -0.1) is 12.4 Å². The number of hydrogen-bond donors (Lipinski definition) is 3. The van der Waals surface area contributed by atoms with Gasteiger partial charge in [-0.1, -0.05) is 12.1 Å². The molecule has 0 aliphatic rings. The van der Waals surface area contributed by atoms with E-state index in [1.54, 1.807) is 6.07 Å². The predicted octanol–water partition coefficient (Wildman–Crippen LogP) is 1.57. The Bertz CT molecular complexity index is 603. The fraction of sp³-hybridized carbons (Fsp3) is 0.167. The first-order chi connectivity index (χ1) is 8.10. The highest BCUT2D eigenvalue weighted by molar-refractivity contribution is 6.06. The highest BCUT2D eigenvalue weighted by Crippen LogP contribution is 2.16. The first-order valence-electron chi connectivity index (χ1n) is 5.23. The lowest BCUT2D eigenvalue weighted by Crippen LogP contribution is -2.36. The maximum Gasteiger partial charge on any atom is 0.274 e. The number of guanidine groups is 1. The number of halogens is 1. The van der Waals surface area contributed by atoms with Gasteiger partial charge in [0.2, 0.25) is 0 Å². The Morgan fingerprint density at radius 1 is 1.39 bits per heavy atom. The van der Waals surface area contributed by atoms with Gasteiger partial charge in [-0.2, -0.15) is 0 Å². The molecule has 1 aromatic heterocycles. The normalized spacial score (nSPS) is 11.1. The van der Waals surface area contributed by atoms with Gasteiger partial charge in [0.15, 0.2) is 5.96 Å². The quantitative estimate of drug-likeness (QED) is 0.541. The van der Waals surface area contributed by atoms with Crippen molar-refractivity contribution in [1.29, 1.82) is 0 Å². The van der Waals surface area contributed by atoms with Gasteiger partial charge in [-0.05, 0) is 24.6 Å². The number of amides is 1. The molecule has 0 bridgehead atoms. The van der Waals surface area contributed by atoms with Gasteiger partial charge in [0.25, 0.3) is 5.91 Å². The van der Waals surface area contributed by atoms with Crippen molar-refractivity contribution in [3.8, 4) is 0 Å². The Balaban J connectivity index is 0.00000162. The van der Waals surface area contributed by atoms with Crippen LogP contribution in [0.5, 0.6) is 0 Å². The summed E-state index contributed by atoms with van der Waals surface area (Å²) >= 11 is 0. The van der Waals surface area contributed by atoms with Crippen LogP contribution in [0.25, 0.3) is 10.9 Å². The molecule has 5 nitrogen and oxygen atoms in total. The molecule has 0 unspecified atom stereocenters. The fourth-order valence-electron chi connectivity index (χ4n) is 1.60. The van der Waals surface area contributed by atoms with Crippen molar-refractivity contribution < 1.29 is 4.79 Å². The second-order valence-electron chi connectivity index (χ2n) is 3.84. The Hall–Kier alpha value is -2.01. The number of aryl methyl sites for hydroxylation is 1. The van der Waals surface area contributed by atoms with Crippen LogP contribution in [0.2, 0.25) is 0 Å². The van der Waals surface area contributed by atoms with Crippen molar-refractivity contribution >= 4 is 35.2 Å². The molecule has 0 aliphatic heterocycles. The lowest BCUT2D eigenvalue weighted by atomic mass is 10.2. The molecule has 1 aromatic carbocycles. The molecule has 4 N–H and O–H groups in total. The molecule has 0 saturated carbocycles. The number of benzene rings is 1. The molecule has 0 aliphatic carbocycles. The standard InChI is InChI=1S/C12H14N4O.ClH/c1-7-3-4-8-6-10(15-9(8)5-7)11(17)16-12(13)14-2;/h3-6,15H,1-2H3,(H3,13,14,16,17);1H. The highest BCUT2D eigenvalue weighted by Gasteiger charge is 2.09. The number of nitrogens with zero attached hydrogens (tertiary/aromatic N) is 1. The first-order valence-corrected chi connectivity index (χ1v) is 5.23. The second-order valence-corrected chi connectivity index (χ2v) is 3.84. The molecule has 1 heterocycles. The Labute approximate surface area is 111 Å². The maximum atomic E-state index is 11.8. The Kier molecular flexibility index (Phi) is 4.33. The Morgan fingerprint density at radius 2 is 2.11 bits per heavy atom. The van der Waals surface area contributed by atoms with Crippen LogP contribution in [0.15, 0.2) is 29.3 Å². The lowest BCUT2D eigenvalue weighted by molar-refractivity contribution is 0.0972. The molecule has 0 saturated heterocycles. The molecule has 96 valence electrons. The topological polar surface area (TPSA) is 83.3 Å². The number of rotatable bonds is 1. The third-order valence-corrected chi connectivity index (χ3v) is 2.51. The number of aromatic amines is 1. The van der Waals surface area contributed by atoms with E-state index in [9.17, 15) is 4.79 Å².